The van der Waals surface area contributed by atoms with Crippen LogP contribution in [-0.4, -0.2) is 36.6 Å². The van der Waals surface area contributed by atoms with Gasteiger partial charge in [-0.2, -0.15) is 0 Å². The lowest BCUT2D eigenvalue weighted by Gasteiger charge is -2.36. The van der Waals surface area contributed by atoms with Gasteiger partial charge in [-0.25, -0.2) is 0 Å². The molecule has 0 aromatic heterocycles. The Balaban J connectivity index is 1.74. The molecular formula is C12H21NO2. The molecule has 0 unspecified atom stereocenters. The van der Waals surface area contributed by atoms with E-state index in [-0.39, 0.29) is 0 Å². The molecule has 0 N–H and O–H groups in total. The quantitative estimate of drug-likeness (QED) is 0.712. The first-order chi connectivity index (χ1) is 7.31. The van der Waals surface area contributed by atoms with Gasteiger partial charge in [-0.15, -0.1) is 0 Å². The fourth-order valence-corrected chi connectivity index (χ4v) is 2.39. The minimum Gasteiger partial charge on any atom is -0.378 e. The number of rotatable bonds is 3. The number of hydrogen-bond acceptors (Lipinski definition) is 2. The molecule has 1 aliphatic heterocycles. The van der Waals surface area contributed by atoms with Crippen LogP contribution in [0.15, 0.2) is 0 Å². The maximum atomic E-state index is 11.9. The van der Waals surface area contributed by atoms with E-state index in [9.17, 15) is 4.79 Å². The van der Waals surface area contributed by atoms with Crippen molar-refractivity contribution in [3.05, 3.63) is 0 Å². The Bertz CT molecular complexity index is 218. The van der Waals surface area contributed by atoms with Crippen molar-refractivity contribution in [2.75, 3.05) is 19.7 Å². The van der Waals surface area contributed by atoms with Gasteiger partial charge in [-0.1, -0.05) is 6.42 Å². The van der Waals surface area contributed by atoms with E-state index in [1.54, 1.807) is 0 Å². The van der Waals surface area contributed by atoms with Crippen LogP contribution in [0.2, 0.25) is 0 Å². The molecule has 1 saturated carbocycles. The summed E-state index contributed by atoms with van der Waals surface area (Å²) in [4.78, 5) is 14.0. The smallest absolute Gasteiger partial charge is 0.225 e. The van der Waals surface area contributed by atoms with Crippen molar-refractivity contribution in [3.8, 4) is 0 Å². The highest BCUT2D eigenvalue weighted by Gasteiger charge is 2.31. The average molecular weight is 211 g/mol. The van der Waals surface area contributed by atoms with Crippen LogP contribution in [-0.2, 0) is 9.53 Å². The molecule has 2 fully saturated rings. The lowest BCUT2D eigenvalue weighted by molar-refractivity contribution is -0.140. The first kappa shape index (κ1) is 10.9. The topological polar surface area (TPSA) is 29.5 Å². The second kappa shape index (κ2) is 4.97. The molecule has 3 nitrogen and oxygen atoms in total. The maximum absolute atomic E-state index is 11.9. The molecule has 0 radical (unpaired) electrons. The van der Waals surface area contributed by atoms with Gasteiger partial charge < -0.3 is 9.64 Å². The summed E-state index contributed by atoms with van der Waals surface area (Å²) >= 11 is 0. The van der Waals surface area contributed by atoms with Crippen molar-refractivity contribution in [1.82, 2.24) is 4.90 Å². The molecule has 1 heterocycles. The highest BCUT2D eigenvalue weighted by atomic mass is 16.5. The van der Waals surface area contributed by atoms with Gasteiger partial charge in [0.05, 0.1) is 6.10 Å². The Hall–Kier alpha value is -0.570. The zero-order valence-electron chi connectivity index (χ0n) is 9.58. The van der Waals surface area contributed by atoms with Crippen molar-refractivity contribution >= 4 is 5.91 Å². The zero-order chi connectivity index (χ0) is 10.7. The van der Waals surface area contributed by atoms with E-state index in [1.807, 2.05) is 11.8 Å². The third-order valence-corrected chi connectivity index (χ3v) is 3.61. The fraction of sp³-hybridized carbons (Fsp3) is 0.917. The molecular weight excluding hydrogens is 190 g/mol. The molecule has 0 spiro atoms. The van der Waals surface area contributed by atoms with Crippen LogP contribution in [0.4, 0.5) is 0 Å². The molecule has 15 heavy (non-hydrogen) atoms. The molecule has 2 aliphatic rings. The summed E-state index contributed by atoms with van der Waals surface area (Å²) in [6, 6.07) is 0. The summed E-state index contributed by atoms with van der Waals surface area (Å²) in [5, 5.41) is 0. The minimum atomic E-state index is 0.355. The van der Waals surface area contributed by atoms with Gasteiger partial charge in [0, 0.05) is 25.6 Å². The molecule has 0 aromatic carbocycles. The Morgan fingerprint density at radius 1 is 1.27 bits per heavy atom. The number of amides is 1. The molecule has 1 amide bonds. The Kier molecular flexibility index (Phi) is 3.62. The van der Waals surface area contributed by atoms with Crippen LogP contribution in [0.3, 0.4) is 0 Å². The average Bonchev–Trinajstić information content (AvgIpc) is 2.16. The molecule has 0 aromatic rings. The van der Waals surface area contributed by atoms with E-state index in [1.165, 1.54) is 6.42 Å². The zero-order valence-corrected chi connectivity index (χ0v) is 9.58. The van der Waals surface area contributed by atoms with Crippen molar-refractivity contribution in [2.24, 2.45) is 5.92 Å². The summed E-state index contributed by atoms with van der Waals surface area (Å²) in [5.41, 5.74) is 0. The first-order valence-electron chi connectivity index (χ1n) is 6.21. The number of likely N-dealkylation sites (tertiary alicyclic amines) is 1. The summed E-state index contributed by atoms with van der Waals surface area (Å²) < 4.78 is 5.57. The lowest BCUT2D eigenvalue weighted by atomic mass is 9.84. The van der Waals surface area contributed by atoms with Gasteiger partial charge in [-0.3, -0.25) is 4.79 Å². The van der Waals surface area contributed by atoms with Crippen molar-refractivity contribution < 1.29 is 9.53 Å². The van der Waals surface area contributed by atoms with Gasteiger partial charge >= 0.3 is 0 Å². The van der Waals surface area contributed by atoms with E-state index < -0.39 is 0 Å². The third kappa shape index (κ3) is 2.51. The second-order valence-corrected chi connectivity index (χ2v) is 4.61. The van der Waals surface area contributed by atoms with E-state index in [0.29, 0.717) is 17.9 Å². The van der Waals surface area contributed by atoms with Crippen molar-refractivity contribution in [1.29, 1.82) is 0 Å². The number of carbonyl (C=O) groups excluding carboxylic acids is 1. The minimum absolute atomic E-state index is 0.355. The first-order valence-corrected chi connectivity index (χ1v) is 6.21. The van der Waals surface area contributed by atoms with Gasteiger partial charge in [0.1, 0.15) is 0 Å². The second-order valence-electron chi connectivity index (χ2n) is 4.61. The maximum Gasteiger partial charge on any atom is 0.225 e. The predicted octanol–water partition coefficient (Wildman–Crippen LogP) is 1.81. The van der Waals surface area contributed by atoms with Crippen molar-refractivity contribution in [3.63, 3.8) is 0 Å². The molecule has 1 aliphatic carbocycles. The van der Waals surface area contributed by atoms with Crippen LogP contribution in [0, 0.1) is 5.92 Å². The summed E-state index contributed by atoms with van der Waals surface area (Å²) in [6.45, 7) is 4.63. The standard InChI is InChI=1S/C12H21NO2/c1-2-15-11-6-8-13(9-7-11)12(14)10-4-3-5-10/h10-11H,2-9H2,1H3. The molecule has 0 atom stereocenters. The van der Waals surface area contributed by atoms with Crippen LogP contribution in [0.5, 0.6) is 0 Å². The highest BCUT2D eigenvalue weighted by Crippen LogP contribution is 2.29. The van der Waals surface area contributed by atoms with Gasteiger partial charge in [-0.05, 0) is 32.6 Å². The molecule has 1 saturated heterocycles. The number of carbonyl (C=O) groups is 1. The van der Waals surface area contributed by atoms with E-state index >= 15 is 0 Å². The number of hydrogen-bond donors (Lipinski definition) is 0. The Morgan fingerprint density at radius 2 is 1.93 bits per heavy atom. The summed E-state index contributed by atoms with van der Waals surface area (Å²) in [5.74, 6) is 0.754. The largest absolute Gasteiger partial charge is 0.378 e. The van der Waals surface area contributed by atoms with E-state index in [4.69, 9.17) is 4.74 Å². The van der Waals surface area contributed by atoms with Crippen LogP contribution < -0.4 is 0 Å². The predicted molar refractivity (Wildman–Crippen MR) is 58.6 cm³/mol. The third-order valence-electron chi connectivity index (χ3n) is 3.61. The van der Waals surface area contributed by atoms with Crippen molar-refractivity contribution in [2.45, 2.75) is 45.1 Å². The Morgan fingerprint density at radius 3 is 2.40 bits per heavy atom. The lowest BCUT2D eigenvalue weighted by Crippen LogP contribution is -2.45. The fourth-order valence-electron chi connectivity index (χ4n) is 2.39. The van der Waals surface area contributed by atoms with Gasteiger partial charge in [0.15, 0.2) is 0 Å². The van der Waals surface area contributed by atoms with Crippen LogP contribution in [0.25, 0.3) is 0 Å². The number of ether oxygens (including phenoxy) is 1. The Labute approximate surface area is 91.8 Å². The number of nitrogens with zero attached hydrogens (tertiary/aromatic N) is 1. The van der Waals surface area contributed by atoms with Gasteiger partial charge in [0.2, 0.25) is 5.91 Å². The van der Waals surface area contributed by atoms with Gasteiger partial charge in [0.25, 0.3) is 0 Å². The summed E-state index contributed by atoms with van der Waals surface area (Å²) in [7, 11) is 0. The molecule has 2 rings (SSSR count). The van der Waals surface area contributed by atoms with Crippen LogP contribution in [0.1, 0.15) is 39.0 Å². The SMILES string of the molecule is CCOC1CCN(C(=O)C2CCC2)CC1. The monoisotopic (exact) mass is 211 g/mol. The normalized spacial score (nSPS) is 23.9. The number of piperidine rings is 1. The summed E-state index contributed by atoms with van der Waals surface area (Å²) in [6.07, 6.45) is 5.90. The van der Waals surface area contributed by atoms with E-state index in [2.05, 4.69) is 0 Å². The molecule has 86 valence electrons. The highest BCUT2D eigenvalue weighted by molar-refractivity contribution is 5.79. The van der Waals surface area contributed by atoms with Crippen LogP contribution >= 0.6 is 0 Å². The van der Waals surface area contributed by atoms with E-state index in [0.717, 1.165) is 45.4 Å². The molecule has 0 bridgehead atoms. The molecule has 3 heteroatoms.